The van der Waals surface area contributed by atoms with Gasteiger partial charge in [-0.1, -0.05) is 30.3 Å². The molecule has 0 saturated carbocycles. The Kier molecular flexibility index (Phi) is 5.86. The van der Waals surface area contributed by atoms with E-state index in [9.17, 15) is 9.59 Å². The molecule has 29 heavy (non-hydrogen) atoms. The average molecular weight is 392 g/mol. The van der Waals surface area contributed by atoms with Gasteiger partial charge in [0.05, 0.1) is 11.0 Å². The van der Waals surface area contributed by atoms with Crippen molar-refractivity contribution in [1.29, 1.82) is 0 Å². The highest BCUT2D eigenvalue weighted by molar-refractivity contribution is 5.91. The molecule has 2 heterocycles. The highest BCUT2D eigenvalue weighted by Crippen LogP contribution is 2.17. The molecule has 150 valence electrons. The Balaban J connectivity index is 1.45. The molecule has 0 radical (unpaired) electrons. The highest BCUT2D eigenvalue weighted by atomic mass is 16.5. The molecule has 2 amide bonds. The van der Waals surface area contributed by atoms with Crippen LogP contribution in [-0.2, 0) is 27.3 Å². The number of fused-ring (bicyclic) bond motifs is 1. The van der Waals surface area contributed by atoms with Gasteiger partial charge in [-0.15, -0.1) is 0 Å². The molecule has 1 atom stereocenters. The minimum atomic E-state index is -0.342. The van der Waals surface area contributed by atoms with Crippen molar-refractivity contribution in [1.82, 2.24) is 14.9 Å². The van der Waals surface area contributed by atoms with E-state index < -0.39 is 0 Å². The summed E-state index contributed by atoms with van der Waals surface area (Å²) in [6.07, 6.45) is 1.88. The number of hydrogen-bond donors (Lipinski definition) is 2. The molecule has 0 aliphatic carbocycles. The number of anilines is 1. The van der Waals surface area contributed by atoms with E-state index in [-0.39, 0.29) is 24.5 Å². The second-order valence-corrected chi connectivity index (χ2v) is 7.06. The van der Waals surface area contributed by atoms with Crippen molar-refractivity contribution in [3.05, 3.63) is 60.4 Å². The van der Waals surface area contributed by atoms with E-state index in [1.807, 2.05) is 59.2 Å². The summed E-state index contributed by atoms with van der Waals surface area (Å²) in [5.74, 6) is 0.568. The summed E-state index contributed by atoms with van der Waals surface area (Å²) in [5, 5.41) is 5.83. The van der Waals surface area contributed by atoms with Crippen LogP contribution in [0.3, 0.4) is 0 Å². The lowest BCUT2D eigenvalue weighted by Crippen LogP contribution is -2.35. The molecule has 0 spiro atoms. The smallest absolute Gasteiger partial charge is 0.249 e. The van der Waals surface area contributed by atoms with Crippen molar-refractivity contribution >= 4 is 28.5 Å². The number of carbonyl (C=O) groups is 2. The van der Waals surface area contributed by atoms with E-state index in [4.69, 9.17) is 4.74 Å². The van der Waals surface area contributed by atoms with Gasteiger partial charge in [0.1, 0.15) is 18.5 Å². The molecule has 2 N–H and O–H groups in total. The zero-order valence-corrected chi connectivity index (χ0v) is 16.1. The molecule has 1 saturated heterocycles. The van der Waals surface area contributed by atoms with E-state index >= 15 is 0 Å². The summed E-state index contributed by atoms with van der Waals surface area (Å²) in [6, 6.07) is 17.1. The summed E-state index contributed by atoms with van der Waals surface area (Å²) >= 11 is 0. The second-order valence-electron chi connectivity index (χ2n) is 7.06. The van der Waals surface area contributed by atoms with Crippen LogP contribution in [0.25, 0.3) is 11.0 Å². The summed E-state index contributed by atoms with van der Waals surface area (Å²) in [5.41, 5.74) is 2.49. The molecule has 1 fully saturated rings. The Morgan fingerprint density at radius 3 is 2.69 bits per heavy atom. The Bertz CT molecular complexity index is 994. The number of aromatic nitrogens is 2. The maximum Gasteiger partial charge on any atom is 0.249 e. The molecule has 1 aromatic heterocycles. The molecular formula is C22H24N4O3. The number of carbonyl (C=O) groups excluding carboxylic acids is 2. The fourth-order valence-corrected chi connectivity index (χ4v) is 3.55. The second kappa shape index (κ2) is 8.87. The van der Waals surface area contributed by atoms with Crippen molar-refractivity contribution in [3.63, 3.8) is 0 Å². The van der Waals surface area contributed by atoms with Crippen molar-refractivity contribution in [3.8, 4) is 0 Å². The molecule has 1 aliphatic rings. The zero-order valence-electron chi connectivity index (χ0n) is 16.1. The maximum absolute atomic E-state index is 12.6. The lowest BCUT2D eigenvalue weighted by molar-refractivity contribution is -0.130. The number of para-hydroxylation sites is 3. The first-order valence-corrected chi connectivity index (χ1v) is 9.89. The number of hydrogen-bond acceptors (Lipinski definition) is 4. The molecule has 1 aliphatic heterocycles. The average Bonchev–Trinajstić information content (AvgIpc) is 3.38. The third-order valence-corrected chi connectivity index (χ3v) is 4.96. The number of amides is 2. The van der Waals surface area contributed by atoms with Gasteiger partial charge in [0.2, 0.25) is 11.8 Å². The van der Waals surface area contributed by atoms with Gasteiger partial charge in [0.15, 0.2) is 0 Å². The first-order chi connectivity index (χ1) is 14.2. The predicted molar refractivity (Wildman–Crippen MR) is 110 cm³/mol. The van der Waals surface area contributed by atoms with Gasteiger partial charge in [-0.25, -0.2) is 4.98 Å². The molecule has 4 rings (SSSR count). The van der Waals surface area contributed by atoms with Crippen LogP contribution < -0.4 is 10.6 Å². The molecular weight excluding hydrogens is 368 g/mol. The normalized spacial score (nSPS) is 16.1. The lowest BCUT2D eigenvalue weighted by atomic mass is 10.2. The van der Waals surface area contributed by atoms with Crippen molar-refractivity contribution in [2.45, 2.75) is 31.9 Å². The van der Waals surface area contributed by atoms with Crippen molar-refractivity contribution in [2.75, 3.05) is 18.5 Å². The Hall–Kier alpha value is -3.19. The topological polar surface area (TPSA) is 85.2 Å². The maximum atomic E-state index is 12.6. The van der Waals surface area contributed by atoms with E-state index in [0.717, 1.165) is 35.4 Å². The van der Waals surface area contributed by atoms with Crippen LogP contribution in [-0.4, -0.2) is 40.6 Å². The summed E-state index contributed by atoms with van der Waals surface area (Å²) < 4.78 is 7.32. The summed E-state index contributed by atoms with van der Waals surface area (Å²) in [4.78, 5) is 29.4. The van der Waals surface area contributed by atoms with E-state index in [1.165, 1.54) is 0 Å². The fourth-order valence-electron chi connectivity index (χ4n) is 3.55. The van der Waals surface area contributed by atoms with E-state index in [2.05, 4.69) is 15.6 Å². The van der Waals surface area contributed by atoms with Gasteiger partial charge in [0.25, 0.3) is 0 Å². The monoisotopic (exact) mass is 392 g/mol. The zero-order chi connectivity index (χ0) is 20.1. The van der Waals surface area contributed by atoms with Crippen LogP contribution in [0.2, 0.25) is 0 Å². The highest BCUT2D eigenvalue weighted by Gasteiger charge is 2.23. The van der Waals surface area contributed by atoms with Gasteiger partial charge in [-0.05, 0) is 37.1 Å². The van der Waals surface area contributed by atoms with E-state index in [1.54, 1.807) is 0 Å². The van der Waals surface area contributed by atoms with Crippen molar-refractivity contribution in [2.24, 2.45) is 0 Å². The van der Waals surface area contributed by atoms with Gasteiger partial charge < -0.3 is 19.9 Å². The number of benzene rings is 2. The van der Waals surface area contributed by atoms with E-state index in [0.29, 0.717) is 19.6 Å². The van der Waals surface area contributed by atoms with Crippen LogP contribution in [0.4, 0.5) is 5.69 Å². The van der Waals surface area contributed by atoms with Crippen LogP contribution >= 0.6 is 0 Å². The third-order valence-electron chi connectivity index (χ3n) is 4.96. The number of imidazole rings is 1. The standard InChI is InChI=1S/C22H24N4O3/c27-21(24-16-7-2-1-3-8-16)15-26-18-10-5-4-9-17(18)25-20(26)12-13-23-22(28)19-11-6-14-29-19/h1-5,7-10,19H,6,11-15H2,(H,23,28)(H,24,27). The molecule has 7 heteroatoms. The van der Waals surface area contributed by atoms with Gasteiger partial charge in [-0.2, -0.15) is 0 Å². The number of rotatable bonds is 7. The quantitative estimate of drug-likeness (QED) is 0.647. The van der Waals surface area contributed by atoms with Crippen LogP contribution in [0, 0.1) is 0 Å². The van der Waals surface area contributed by atoms with Crippen LogP contribution in [0.15, 0.2) is 54.6 Å². The Morgan fingerprint density at radius 1 is 1.10 bits per heavy atom. The van der Waals surface area contributed by atoms with Gasteiger partial charge >= 0.3 is 0 Å². The first kappa shape index (κ1) is 19.1. The Morgan fingerprint density at radius 2 is 1.90 bits per heavy atom. The largest absolute Gasteiger partial charge is 0.368 e. The van der Waals surface area contributed by atoms with Gasteiger partial charge in [-0.3, -0.25) is 9.59 Å². The van der Waals surface area contributed by atoms with Crippen LogP contribution in [0.1, 0.15) is 18.7 Å². The summed E-state index contributed by atoms with van der Waals surface area (Å²) in [7, 11) is 0. The molecule has 3 aromatic rings. The van der Waals surface area contributed by atoms with Gasteiger partial charge in [0, 0.05) is 25.3 Å². The minimum absolute atomic E-state index is 0.0769. The van der Waals surface area contributed by atoms with Crippen molar-refractivity contribution < 1.29 is 14.3 Å². The third kappa shape index (κ3) is 4.63. The number of nitrogens with one attached hydrogen (secondary N) is 2. The first-order valence-electron chi connectivity index (χ1n) is 9.89. The minimum Gasteiger partial charge on any atom is -0.368 e. The number of ether oxygens (including phenoxy) is 1. The molecule has 7 nitrogen and oxygen atoms in total. The van der Waals surface area contributed by atoms with Crippen LogP contribution in [0.5, 0.6) is 0 Å². The molecule has 2 aromatic carbocycles. The molecule has 1 unspecified atom stereocenters. The number of nitrogens with zero attached hydrogens (tertiary/aromatic N) is 2. The summed E-state index contributed by atoms with van der Waals surface area (Å²) in [6.45, 7) is 1.25. The Labute approximate surface area is 169 Å². The fraction of sp³-hybridized carbons (Fsp3) is 0.318. The molecule has 0 bridgehead atoms. The lowest BCUT2D eigenvalue weighted by Gasteiger charge is -2.12. The SMILES string of the molecule is O=C(Cn1c(CCNC(=O)C2CCCO2)nc2ccccc21)Nc1ccccc1. The predicted octanol–water partition coefficient (Wildman–Crippen LogP) is 2.51.